The molecule has 3 heterocycles. The van der Waals surface area contributed by atoms with Gasteiger partial charge in [0.15, 0.2) is 11.6 Å². The summed E-state index contributed by atoms with van der Waals surface area (Å²) in [6.45, 7) is 2.17. The molecule has 1 aromatic heterocycles. The maximum Gasteiger partial charge on any atom is 0.431 e. The fourth-order valence-corrected chi connectivity index (χ4v) is 4.72. The third-order valence-corrected chi connectivity index (χ3v) is 6.76. The largest absolute Gasteiger partial charge is 0.461 e. The minimum atomic E-state index is -4.73. The van der Waals surface area contributed by atoms with Gasteiger partial charge in [0.25, 0.3) is 0 Å². The summed E-state index contributed by atoms with van der Waals surface area (Å²) in [5.41, 5.74) is 4.42. The molecule has 1 amide bonds. The number of esters is 1. The van der Waals surface area contributed by atoms with Crippen LogP contribution in [-0.4, -0.2) is 78.3 Å². The molecule has 2 aromatic rings. The van der Waals surface area contributed by atoms with E-state index in [2.05, 4.69) is 0 Å². The first-order valence-corrected chi connectivity index (χ1v) is 12.4. The number of hydrogen-bond acceptors (Lipinski definition) is 6. The van der Waals surface area contributed by atoms with Crippen molar-refractivity contribution in [2.24, 2.45) is 5.73 Å². The number of aromatic nitrogens is 1. The minimum absolute atomic E-state index is 0.0153. The van der Waals surface area contributed by atoms with Crippen LogP contribution in [0.5, 0.6) is 0 Å². The van der Waals surface area contributed by atoms with Gasteiger partial charge in [-0.15, -0.1) is 0 Å². The summed E-state index contributed by atoms with van der Waals surface area (Å²) in [5.74, 6) is -5.10. The van der Waals surface area contributed by atoms with E-state index >= 15 is 0 Å². The molecule has 2 N–H and O–H groups in total. The van der Waals surface area contributed by atoms with E-state index in [0.717, 1.165) is 10.6 Å². The Morgan fingerprint density at radius 2 is 1.69 bits per heavy atom. The van der Waals surface area contributed by atoms with Crippen LogP contribution in [0.15, 0.2) is 18.2 Å². The Labute approximate surface area is 220 Å². The maximum absolute atomic E-state index is 14.0. The summed E-state index contributed by atoms with van der Waals surface area (Å²) in [6, 6.07) is 0.815. The van der Waals surface area contributed by atoms with Gasteiger partial charge in [0, 0.05) is 51.3 Å². The Bertz CT molecular complexity index is 1210. The third-order valence-electron chi connectivity index (χ3n) is 6.76. The number of nitrogens with zero attached hydrogens (tertiary/aromatic N) is 3. The van der Waals surface area contributed by atoms with Crippen LogP contribution in [-0.2, 0) is 40.0 Å². The van der Waals surface area contributed by atoms with Gasteiger partial charge in [0.2, 0.25) is 5.91 Å². The Morgan fingerprint density at radius 3 is 2.38 bits per heavy atom. The number of nitrogens with two attached hydrogens (primary N) is 1. The van der Waals surface area contributed by atoms with Crippen molar-refractivity contribution < 1.29 is 45.4 Å². The van der Waals surface area contributed by atoms with Crippen LogP contribution in [0.3, 0.4) is 0 Å². The van der Waals surface area contributed by atoms with E-state index in [0.29, 0.717) is 45.0 Å². The molecular formula is C25H28F6N4O4. The molecule has 4 rings (SSSR count). The van der Waals surface area contributed by atoms with Crippen molar-refractivity contribution in [2.45, 2.75) is 38.1 Å². The highest BCUT2D eigenvalue weighted by Crippen LogP contribution is 2.35. The van der Waals surface area contributed by atoms with E-state index in [1.54, 1.807) is 0 Å². The summed E-state index contributed by atoms with van der Waals surface area (Å²) in [5, 5.41) is 0. The van der Waals surface area contributed by atoms with Gasteiger partial charge in [0.1, 0.15) is 18.1 Å². The lowest BCUT2D eigenvalue weighted by molar-refractivity contribution is -0.144. The first kappa shape index (κ1) is 28.9. The van der Waals surface area contributed by atoms with Crippen LogP contribution < -0.4 is 5.73 Å². The molecular weight excluding hydrogens is 534 g/mol. The zero-order chi connectivity index (χ0) is 28.3. The lowest BCUT2D eigenvalue weighted by Gasteiger charge is -2.31. The normalized spacial score (nSPS) is 17.2. The van der Waals surface area contributed by atoms with Crippen molar-refractivity contribution in [3.8, 4) is 0 Å². The molecule has 0 spiro atoms. The lowest BCUT2D eigenvalue weighted by atomic mass is 10.0. The molecule has 214 valence electrons. The molecule has 0 saturated carbocycles. The number of carbonyl (C=O) groups is 2. The number of morpholine rings is 1. The predicted molar refractivity (Wildman–Crippen MR) is 125 cm³/mol. The van der Waals surface area contributed by atoms with E-state index in [1.807, 2.05) is 4.90 Å². The lowest BCUT2D eigenvalue weighted by Crippen LogP contribution is -2.42. The summed E-state index contributed by atoms with van der Waals surface area (Å²) in [7, 11) is 0. The molecule has 0 aliphatic carbocycles. The predicted octanol–water partition coefficient (Wildman–Crippen LogP) is 2.72. The van der Waals surface area contributed by atoms with E-state index in [-0.39, 0.29) is 55.9 Å². The monoisotopic (exact) mass is 562 g/mol. The van der Waals surface area contributed by atoms with Crippen LogP contribution in [0.4, 0.5) is 26.3 Å². The van der Waals surface area contributed by atoms with Gasteiger partial charge >= 0.3 is 12.1 Å². The van der Waals surface area contributed by atoms with Crippen molar-refractivity contribution in [2.75, 3.05) is 46.0 Å². The SMILES string of the molecule is N[C@@H](CC(=O)N1CCn2c(C(F)(F)F)cc(C(=O)OCCN3CCOCC3)c2C1)Cc1cc(F)c(F)cc1F. The Balaban J connectivity index is 1.43. The molecule has 0 bridgehead atoms. The summed E-state index contributed by atoms with van der Waals surface area (Å²) < 4.78 is 93.2. The first-order valence-electron chi connectivity index (χ1n) is 12.4. The van der Waals surface area contributed by atoms with Gasteiger partial charge in [-0.2, -0.15) is 13.2 Å². The van der Waals surface area contributed by atoms with Crippen LogP contribution in [0.2, 0.25) is 0 Å². The van der Waals surface area contributed by atoms with E-state index < -0.39 is 47.2 Å². The number of amides is 1. The van der Waals surface area contributed by atoms with Crippen LogP contribution in [0.1, 0.15) is 33.7 Å². The molecule has 0 radical (unpaired) electrons. The second kappa shape index (κ2) is 12.0. The van der Waals surface area contributed by atoms with Crippen LogP contribution >= 0.6 is 0 Å². The molecule has 1 saturated heterocycles. The Morgan fingerprint density at radius 1 is 1.00 bits per heavy atom. The molecule has 2 aliphatic rings. The average molecular weight is 563 g/mol. The van der Waals surface area contributed by atoms with Gasteiger partial charge in [-0.25, -0.2) is 18.0 Å². The minimum Gasteiger partial charge on any atom is -0.461 e. The molecule has 1 atom stereocenters. The maximum atomic E-state index is 14.0. The zero-order valence-electron chi connectivity index (χ0n) is 20.9. The number of alkyl halides is 3. The Hall–Kier alpha value is -3.10. The average Bonchev–Trinajstić information content (AvgIpc) is 3.27. The molecule has 39 heavy (non-hydrogen) atoms. The first-order chi connectivity index (χ1) is 18.4. The quantitative estimate of drug-likeness (QED) is 0.303. The molecule has 1 aromatic carbocycles. The highest BCUT2D eigenvalue weighted by molar-refractivity contribution is 5.91. The summed E-state index contributed by atoms with van der Waals surface area (Å²) >= 11 is 0. The van der Waals surface area contributed by atoms with E-state index in [9.17, 15) is 35.9 Å². The Kier molecular flexibility index (Phi) is 8.86. The van der Waals surface area contributed by atoms with Gasteiger partial charge in [-0.1, -0.05) is 0 Å². The van der Waals surface area contributed by atoms with Crippen molar-refractivity contribution in [1.29, 1.82) is 0 Å². The van der Waals surface area contributed by atoms with Crippen LogP contribution in [0.25, 0.3) is 0 Å². The van der Waals surface area contributed by atoms with Gasteiger partial charge in [-0.3, -0.25) is 9.69 Å². The molecule has 0 unspecified atom stereocenters. The van der Waals surface area contributed by atoms with Gasteiger partial charge in [0.05, 0.1) is 31.0 Å². The van der Waals surface area contributed by atoms with Gasteiger partial charge in [-0.05, 0) is 24.1 Å². The zero-order valence-corrected chi connectivity index (χ0v) is 20.9. The van der Waals surface area contributed by atoms with Crippen LogP contribution in [0, 0.1) is 17.5 Å². The third kappa shape index (κ3) is 6.92. The number of halogens is 6. The summed E-state index contributed by atoms with van der Waals surface area (Å²) in [6.07, 6.45) is -5.33. The fourth-order valence-electron chi connectivity index (χ4n) is 4.72. The number of hydrogen-bond donors (Lipinski definition) is 1. The second-order valence-electron chi connectivity index (χ2n) is 9.47. The highest BCUT2D eigenvalue weighted by atomic mass is 19.4. The fraction of sp³-hybridized carbons (Fsp3) is 0.520. The summed E-state index contributed by atoms with van der Waals surface area (Å²) in [4.78, 5) is 28.9. The molecule has 2 aliphatic heterocycles. The number of carbonyl (C=O) groups excluding carboxylic acids is 2. The number of rotatable bonds is 8. The number of benzene rings is 1. The van der Waals surface area contributed by atoms with Crippen molar-refractivity contribution in [3.63, 3.8) is 0 Å². The van der Waals surface area contributed by atoms with Crippen molar-refractivity contribution in [1.82, 2.24) is 14.4 Å². The number of ether oxygens (including phenoxy) is 2. The topological polar surface area (TPSA) is 90.0 Å². The van der Waals surface area contributed by atoms with Crippen molar-refractivity contribution in [3.05, 3.63) is 58.2 Å². The van der Waals surface area contributed by atoms with Gasteiger partial charge < -0.3 is 24.7 Å². The molecule has 1 fully saturated rings. The standard InChI is InChI=1S/C25H28F6N4O4/c26-18-13-20(28)19(27)10-15(18)9-16(32)11-23(36)34-1-2-35-21(14-34)17(12-22(35)25(29,30)31)24(37)39-8-5-33-3-6-38-7-4-33/h10,12-13,16H,1-9,11,14,32H2/t16-/m1/s1. The van der Waals surface area contributed by atoms with E-state index in [4.69, 9.17) is 15.2 Å². The molecule has 14 heteroatoms. The second-order valence-corrected chi connectivity index (χ2v) is 9.47. The van der Waals surface area contributed by atoms with Crippen molar-refractivity contribution >= 4 is 11.9 Å². The molecule has 8 nitrogen and oxygen atoms in total. The number of fused-ring (bicyclic) bond motifs is 1. The van der Waals surface area contributed by atoms with E-state index in [1.165, 1.54) is 4.90 Å². The highest BCUT2D eigenvalue weighted by Gasteiger charge is 2.40. The smallest absolute Gasteiger partial charge is 0.431 e.